The Morgan fingerprint density at radius 1 is 1.56 bits per heavy atom. The second kappa shape index (κ2) is 4.06. The number of hydrogen-bond acceptors (Lipinski definition) is 1. The molecule has 2 aromatic rings. The van der Waals surface area contributed by atoms with E-state index in [0.717, 1.165) is 16.5 Å². The smallest absolute Gasteiger partial charge is 0.404 e. The normalized spacial score (nSPS) is 10.6. The van der Waals surface area contributed by atoms with Gasteiger partial charge in [-0.25, -0.2) is 4.79 Å². The molecule has 16 heavy (non-hydrogen) atoms. The number of carbonyl (C=O) groups is 1. The fourth-order valence-corrected chi connectivity index (χ4v) is 1.98. The van der Waals surface area contributed by atoms with Crippen LogP contribution >= 0.6 is 11.6 Å². The zero-order valence-corrected chi connectivity index (χ0v) is 9.45. The van der Waals surface area contributed by atoms with Gasteiger partial charge >= 0.3 is 6.09 Å². The van der Waals surface area contributed by atoms with Crippen LogP contribution < -0.4 is 5.32 Å². The third-order valence-corrected chi connectivity index (χ3v) is 2.75. The van der Waals surface area contributed by atoms with E-state index in [1.165, 1.54) is 0 Å². The summed E-state index contributed by atoms with van der Waals surface area (Å²) in [6.45, 7) is 0.288. The van der Waals surface area contributed by atoms with Crippen LogP contribution in [0.5, 0.6) is 0 Å². The molecule has 0 fully saturated rings. The van der Waals surface area contributed by atoms with Crippen LogP contribution in [0.1, 0.15) is 5.56 Å². The van der Waals surface area contributed by atoms with Crippen LogP contribution in [-0.4, -0.2) is 15.8 Å². The number of nitrogens with zero attached hydrogens (tertiary/aromatic N) is 1. The van der Waals surface area contributed by atoms with Gasteiger partial charge in [-0.2, -0.15) is 0 Å². The molecule has 0 radical (unpaired) electrons. The quantitative estimate of drug-likeness (QED) is 0.845. The second-order valence-corrected chi connectivity index (χ2v) is 4.01. The van der Waals surface area contributed by atoms with Crippen LogP contribution in [0.3, 0.4) is 0 Å². The molecule has 4 nitrogen and oxygen atoms in total. The molecule has 0 aliphatic rings. The van der Waals surface area contributed by atoms with Gasteiger partial charge in [0.2, 0.25) is 0 Å². The Morgan fingerprint density at radius 3 is 3.00 bits per heavy atom. The minimum atomic E-state index is -1.03. The van der Waals surface area contributed by atoms with Crippen LogP contribution in [-0.2, 0) is 13.6 Å². The van der Waals surface area contributed by atoms with Crippen molar-refractivity contribution in [1.29, 1.82) is 0 Å². The minimum absolute atomic E-state index is 0.288. The molecule has 0 aliphatic carbocycles. The Kier molecular flexibility index (Phi) is 2.75. The SMILES string of the molecule is Cn1cc(Cl)c2cc(CNC(=O)O)ccc21. The predicted octanol–water partition coefficient (Wildman–Crippen LogP) is 2.60. The molecule has 0 aliphatic heterocycles. The number of aryl methyl sites for hydroxylation is 1. The van der Waals surface area contributed by atoms with Crippen molar-refractivity contribution in [3.8, 4) is 0 Å². The first-order valence-corrected chi connectivity index (χ1v) is 5.16. The average molecular weight is 239 g/mol. The first-order valence-electron chi connectivity index (χ1n) is 4.78. The summed E-state index contributed by atoms with van der Waals surface area (Å²) in [7, 11) is 1.92. The molecular weight excluding hydrogens is 228 g/mol. The van der Waals surface area contributed by atoms with Gasteiger partial charge in [-0.15, -0.1) is 0 Å². The Bertz CT molecular complexity index is 548. The van der Waals surface area contributed by atoms with Gasteiger partial charge in [-0.1, -0.05) is 17.7 Å². The largest absolute Gasteiger partial charge is 0.465 e. The standard InChI is InChI=1S/C11H11ClN2O2/c1-14-6-9(12)8-4-7(2-3-10(8)14)5-13-11(15)16/h2-4,6,13H,5H2,1H3,(H,15,16). The fraction of sp³-hybridized carbons (Fsp3) is 0.182. The van der Waals surface area contributed by atoms with Crippen molar-refractivity contribution in [2.24, 2.45) is 7.05 Å². The number of nitrogens with one attached hydrogen (secondary N) is 1. The molecule has 0 spiro atoms. The Hall–Kier alpha value is -1.68. The lowest BCUT2D eigenvalue weighted by Gasteiger charge is -2.02. The molecule has 0 bridgehead atoms. The van der Waals surface area contributed by atoms with E-state index in [1.54, 1.807) is 0 Å². The number of halogens is 1. The highest BCUT2D eigenvalue weighted by atomic mass is 35.5. The lowest BCUT2D eigenvalue weighted by Crippen LogP contribution is -2.19. The lowest BCUT2D eigenvalue weighted by molar-refractivity contribution is 0.194. The number of carboxylic acid groups (broad SMARTS) is 1. The third kappa shape index (κ3) is 1.97. The van der Waals surface area contributed by atoms with Gasteiger partial charge in [-0.3, -0.25) is 0 Å². The molecule has 2 N–H and O–H groups in total. The summed E-state index contributed by atoms with van der Waals surface area (Å²) in [5, 5.41) is 12.4. The molecule has 0 saturated heterocycles. The summed E-state index contributed by atoms with van der Waals surface area (Å²) < 4.78 is 1.94. The lowest BCUT2D eigenvalue weighted by atomic mass is 10.1. The summed E-state index contributed by atoms with van der Waals surface area (Å²) in [6, 6.07) is 5.71. The van der Waals surface area contributed by atoms with Crippen molar-refractivity contribution in [1.82, 2.24) is 9.88 Å². The fourth-order valence-electron chi connectivity index (χ4n) is 1.68. The Morgan fingerprint density at radius 2 is 2.31 bits per heavy atom. The zero-order chi connectivity index (χ0) is 11.7. The molecule has 84 valence electrons. The van der Waals surface area contributed by atoms with Crippen molar-refractivity contribution < 1.29 is 9.90 Å². The van der Waals surface area contributed by atoms with E-state index >= 15 is 0 Å². The highest BCUT2D eigenvalue weighted by Crippen LogP contribution is 2.25. The third-order valence-electron chi connectivity index (χ3n) is 2.45. The van der Waals surface area contributed by atoms with Crippen molar-refractivity contribution in [3.05, 3.63) is 35.0 Å². The first kappa shape index (κ1) is 10.8. The zero-order valence-electron chi connectivity index (χ0n) is 8.70. The number of aromatic nitrogens is 1. The monoisotopic (exact) mass is 238 g/mol. The number of hydrogen-bond donors (Lipinski definition) is 2. The van der Waals surface area contributed by atoms with Crippen LogP contribution in [0.15, 0.2) is 24.4 Å². The molecule has 5 heteroatoms. The Balaban J connectivity index is 2.36. The molecule has 1 aromatic heterocycles. The van der Waals surface area contributed by atoms with Gasteiger partial charge in [-0.05, 0) is 17.7 Å². The molecule has 2 rings (SSSR count). The van der Waals surface area contributed by atoms with E-state index in [2.05, 4.69) is 5.32 Å². The van der Waals surface area contributed by atoms with E-state index in [1.807, 2.05) is 36.0 Å². The summed E-state index contributed by atoms with van der Waals surface area (Å²) in [4.78, 5) is 10.4. The average Bonchev–Trinajstić information content (AvgIpc) is 2.52. The first-order chi connectivity index (χ1) is 7.58. The maximum atomic E-state index is 10.4. The van der Waals surface area contributed by atoms with E-state index in [-0.39, 0.29) is 6.54 Å². The highest BCUT2D eigenvalue weighted by molar-refractivity contribution is 6.35. The van der Waals surface area contributed by atoms with Crippen molar-refractivity contribution in [2.45, 2.75) is 6.54 Å². The van der Waals surface area contributed by atoms with Gasteiger partial charge < -0.3 is 15.0 Å². The molecule has 1 amide bonds. The Labute approximate surface area is 97.4 Å². The molecule has 0 atom stereocenters. The van der Waals surface area contributed by atoms with Gasteiger partial charge in [0.25, 0.3) is 0 Å². The molecule has 0 unspecified atom stereocenters. The van der Waals surface area contributed by atoms with E-state index in [0.29, 0.717) is 5.02 Å². The van der Waals surface area contributed by atoms with E-state index < -0.39 is 6.09 Å². The summed E-state index contributed by atoms with van der Waals surface area (Å²) in [6.07, 6.45) is 0.805. The summed E-state index contributed by atoms with van der Waals surface area (Å²) in [5.41, 5.74) is 1.92. The van der Waals surface area contributed by atoms with Crippen molar-refractivity contribution >= 4 is 28.6 Å². The molecule has 1 aromatic carbocycles. The second-order valence-electron chi connectivity index (χ2n) is 3.60. The number of rotatable bonds is 2. The molecule has 0 saturated carbocycles. The van der Waals surface area contributed by atoms with Gasteiger partial charge in [0.1, 0.15) is 0 Å². The van der Waals surface area contributed by atoms with Crippen LogP contribution in [0, 0.1) is 0 Å². The summed E-state index contributed by atoms with van der Waals surface area (Å²) >= 11 is 6.05. The van der Waals surface area contributed by atoms with E-state index in [4.69, 9.17) is 16.7 Å². The van der Waals surface area contributed by atoms with Crippen molar-refractivity contribution in [3.63, 3.8) is 0 Å². The topological polar surface area (TPSA) is 54.3 Å². The van der Waals surface area contributed by atoms with Gasteiger partial charge in [0, 0.05) is 30.7 Å². The highest BCUT2D eigenvalue weighted by Gasteiger charge is 2.05. The van der Waals surface area contributed by atoms with Crippen LogP contribution in [0.25, 0.3) is 10.9 Å². The van der Waals surface area contributed by atoms with Gasteiger partial charge in [0.05, 0.1) is 5.02 Å². The van der Waals surface area contributed by atoms with E-state index in [9.17, 15) is 4.79 Å². The minimum Gasteiger partial charge on any atom is -0.465 e. The van der Waals surface area contributed by atoms with Crippen molar-refractivity contribution in [2.75, 3.05) is 0 Å². The number of fused-ring (bicyclic) bond motifs is 1. The molecule has 1 heterocycles. The predicted molar refractivity (Wildman–Crippen MR) is 62.8 cm³/mol. The molecular formula is C11H11ClN2O2. The maximum Gasteiger partial charge on any atom is 0.404 e. The maximum absolute atomic E-state index is 10.4. The van der Waals surface area contributed by atoms with Crippen LogP contribution in [0.2, 0.25) is 5.02 Å². The number of amides is 1. The van der Waals surface area contributed by atoms with Gasteiger partial charge in [0.15, 0.2) is 0 Å². The number of benzene rings is 1. The summed E-state index contributed by atoms with van der Waals surface area (Å²) in [5.74, 6) is 0. The van der Waals surface area contributed by atoms with Crippen LogP contribution in [0.4, 0.5) is 4.79 Å².